The van der Waals surface area contributed by atoms with Crippen molar-refractivity contribution in [3.8, 4) is 0 Å². The number of aliphatic hydroxyl groups excluding tert-OH is 1. The molecule has 0 spiro atoms. The monoisotopic (exact) mass is 1150 g/mol. The van der Waals surface area contributed by atoms with Crippen LogP contribution < -0.4 is 5.32 Å². The summed E-state index contributed by atoms with van der Waals surface area (Å²) in [7, 11) is 3.68. The average molecular weight is 1150 g/mol. The van der Waals surface area contributed by atoms with E-state index in [4.69, 9.17) is 37.9 Å². The lowest BCUT2D eigenvalue weighted by atomic mass is 9.49. The SMILES string of the molecule is CC(=O)OCC[C@H]1[C@H](OC(=O)c2ccccc2)C2(O)C[C@H](OC(=O)[C@H](O)[C@@H](NC(=O)c3ccccc3)c3ccccc3)C(C)=C(C(OC(C)=O)C(=O)C1(C)C(CC1CCO1)OC(=O)OCOC(=O)CCCCC1CCSS1)C2(C)C. The highest BCUT2D eigenvalue weighted by molar-refractivity contribution is 8.77. The summed E-state index contributed by atoms with van der Waals surface area (Å²) in [5.41, 5.74) is -5.80. The summed E-state index contributed by atoms with van der Waals surface area (Å²) in [6.45, 7) is 7.25. The summed E-state index contributed by atoms with van der Waals surface area (Å²) >= 11 is 0. The van der Waals surface area contributed by atoms with Crippen molar-refractivity contribution < 1.29 is 86.5 Å². The summed E-state index contributed by atoms with van der Waals surface area (Å²) in [5.74, 6) is -6.53. The number of unbranched alkanes of at least 4 members (excludes halogenated alkanes) is 1. The molecule has 2 aliphatic heterocycles. The van der Waals surface area contributed by atoms with Crippen molar-refractivity contribution in [3.05, 3.63) is 119 Å². The minimum absolute atomic E-state index is 0.0274. The highest BCUT2D eigenvalue weighted by Crippen LogP contribution is 2.60. The molecule has 1 saturated carbocycles. The molecule has 3 aromatic rings. The largest absolute Gasteiger partial charge is 0.511 e. The average Bonchev–Trinajstić information content (AvgIpc) is 4.09. The van der Waals surface area contributed by atoms with Gasteiger partial charge in [-0.1, -0.05) is 109 Å². The van der Waals surface area contributed by atoms with Gasteiger partial charge in [0.15, 0.2) is 18.0 Å². The number of nitrogens with one attached hydrogen (secondary N) is 1. The van der Waals surface area contributed by atoms with Crippen molar-refractivity contribution in [2.75, 3.05) is 25.8 Å². The number of benzene rings is 3. The summed E-state index contributed by atoms with van der Waals surface area (Å²) in [6.07, 6.45) is -8.29. The third kappa shape index (κ3) is 14.4. The fraction of sp³-hybridized carbons (Fsp3) is 0.525. The fourth-order valence-corrected chi connectivity index (χ4v) is 14.3. The Hall–Kier alpha value is -6.26. The molecule has 432 valence electrons. The third-order valence-electron chi connectivity index (χ3n) is 15.8. The van der Waals surface area contributed by atoms with Crippen LogP contribution in [0.3, 0.4) is 0 Å². The maximum Gasteiger partial charge on any atom is 0.511 e. The second-order valence-electron chi connectivity index (χ2n) is 21.2. The van der Waals surface area contributed by atoms with Crippen LogP contribution in [-0.2, 0) is 61.9 Å². The molecule has 2 bridgehead atoms. The van der Waals surface area contributed by atoms with Crippen molar-refractivity contribution >= 4 is 69.3 Å². The van der Waals surface area contributed by atoms with Gasteiger partial charge in [0.25, 0.3) is 5.91 Å². The number of hydrogen-bond donors (Lipinski definition) is 3. The van der Waals surface area contributed by atoms with Gasteiger partial charge in [-0.3, -0.25) is 24.0 Å². The summed E-state index contributed by atoms with van der Waals surface area (Å²) < 4.78 is 46.8. The number of carbonyl (C=O) groups excluding carboxylic acids is 8. The Bertz CT molecular complexity index is 2710. The smallest absolute Gasteiger partial charge is 0.466 e. The second kappa shape index (κ2) is 27.5. The van der Waals surface area contributed by atoms with Crippen LogP contribution in [0.2, 0.25) is 0 Å². The maximum atomic E-state index is 16.4. The van der Waals surface area contributed by atoms with E-state index in [1.165, 1.54) is 26.0 Å². The topological polar surface area (TPSA) is 263 Å². The van der Waals surface area contributed by atoms with E-state index in [0.717, 1.165) is 38.9 Å². The molecule has 3 fully saturated rings. The van der Waals surface area contributed by atoms with Crippen LogP contribution in [0.5, 0.6) is 0 Å². The standard InChI is InChI=1S/C59H71NO18S2/c1-35-44(76-55(68)49(64)48(38-18-10-7-11-19-38)60-53(66)39-20-12-8-13-21-39)33-59(70)52(78-54(67)40-22-14-9-15-23-40)43(27-30-71-36(2)61)58(6,51(65)50(75-37(3)62)47(35)57(59,4)5)45(32-41-26-29-72-41)77-56(69)74-34-73-46(63)25-17-16-24-42-28-31-79-80-42/h7-15,18-23,41-45,48-50,52,64,70H,16-17,24-34H2,1-6H3,(H,60,66)/t41?,42?,43-,44-,45?,48-,49+,50?,52-,58?,59?/m0/s1. The van der Waals surface area contributed by atoms with Gasteiger partial charge in [0, 0.05) is 67.6 Å². The van der Waals surface area contributed by atoms with Crippen molar-refractivity contribution in [3.63, 3.8) is 0 Å². The van der Waals surface area contributed by atoms with E-state index < -0.39 is 133 Å². The molecule has 2 aliphatic carbocycles. The van der Waals surface area contributed by atoms with Gasteiger partial charge >= 0.3 is 36.0 Å². The van der Waals surface area contributed by atoms with Crippen LogP contribution in [0.4, 0.5) is 4.79 Å². The van der Waals surface area contributed by atoms with Crippen LogP contribution in [0.15, 0.2) is 102 Å². The van der Waals surface area contributed by atoms with Gasteiger partial charge in [-0.2, -0.15) is 0 Å². The molecule has 4 aliphatic rings. The second-order valence-corrected chi connectivity index (χ2v) is 24.0. The fourth-order valence-electron chi connectivity index (χ4n) is 11.2. The van der Waals surface area contributed by atoms with E-state index in [9.17, 15) is 43.8 Å². The number of aliphatic hydroxyl groups is 2. The number of hydrogen-bond acceptors (Lipinski definition) is 20. The van der Waals surface area contributed by atoms with Crippen LogP contribution >= 0.6 is 21.6 Å². The van der Waals surface area contributed by atoms with Crippen molar-refractivity contribution in [2.24, 2.45) is 16.7 Å². The predicted molar refractivity (Wildman–Crippen MR) is 292 cm³/mol. The minimum Gasteiger partial charge on any atom is -0.466 e. The Morgan fingerprint density at radius 3 is 2.05 bits per heavy atom. The molecule has 19 nitrogen and oxygen atoms in total. The van der Waals surface area contributed by atoms with Crippen LogP contribution in [0.25, 0.3) is 0 Å². The zero-order valence-corrected chi connectivity index (χ0v) is 47.4. The Labute approximate surface area is 473 Å². The molecule has 7 rings (SSSR count). The number of ether oxygens (including phenoxy) is 8. The lowest BCUT2D eigenvalue weighted by Gasteiger charge is -2.60. The first kappa shape index (κ1) is 61.4. The van der Waals surface area contributed by atoms with Gasteiger partial charge in [0.1, 0.15) is 23.9 Å². The van der Waals surface area contributed by atoms with E-state index in [0.29, 0.717) is 30.3 Å². The molecule has 3 N–H and O–H groups in total. The Morgan fingerprint density at radius 1 is 0.800 bits per heavy atom. The molecule has 21 heteroatoms. The third-order valence-corrected chi connectivity index (χ3v) is 18.8. The van der Waals surface area contributed by atoms with E-state index in [-0.39, 0.29) is 41.5 Å². The Balaban J connectivity index is 1.31. The molecule has 0 aromatic heterocycles. The zero-order valence-electron chi connectivity index (χ0n) is 45.8. The first-order valence-corrected chi connectivity index (χ1v) is 29.3. The molecule has 6 unspecified atom stereocenters. The number of rotatable bonds is 23. The van der Waals surface area contributed by atoms with Gasteiger partial charge < -0.3 is 53.4 Å². The predicted octanol–water partition coefficient (Wildman–Crippen LogP) is 8.14. The van der Waals surface area contributed by atoms with Gasteiger partial charge in [-0.25, -0.2) is 14.4 Å². The minimum atomic E-state index is -2.47. The number of amides is 1. The molecule has 3 aromatic carbocycles. The molecule has 1 amide bonds. The quantitative estimate of drug-likeness (QED) is 0.0202. The zero-order chi connectivity index (χ0) is 57.8. The van der Waals surface area contributed by atoms with Crippen molar-refractivity contribution in [1.29, 1.82) is 0 Å². The lowest BCUT2D eigenvalue weighted by molar-refractivity contribution is -0.223. The summed E-state index contributed by atoms with van der Waals surface area (Å²) in [6, 6.07) is 22.7. The highest BCUT2D eigenvalue weighted by atomic mass is 33.1. The number of carbonyl (C=O) groups is 8. The van der Waals surface area contributed by atoms with E-state index in [1.807, 2.05) is 21.6 Å². The number of esters is 5. The van der Waals surface area contributed by atoms with Gasteiger partial charge in [0.2, 0.25) is 6.79 Å². The molecule has 80 heavy (non-hydrogen) atoms. The van der Waals surface area contributed by atoms with Gasteiger partial charge in [0.05, 0.1) is 29.7 Å². The maximum absolute atomic E-state index is 16.4. The summed E-state index contributed by atoms with van der Waals surface area (Å²) in [5, 5.41) is 29.3. The molecular formula is C59H71NO18S2. The highest BCUT2D eigenvalue weighted by Gasteiger charge is 2.69. The molecule has 11 atom stereocenters. The molecule has 2 saturated heterocycles. The summed E-state index contributed by atoms with van der Waals surface area (Å²) in [4.78, 5) is 112. The lowest BCUT2D eigenvalue weighted by Crippen LogP contribution is -2.71. The van der Waals surface area contributed by atoms with Gasteiger partial charge in [-0.05, 0) is 86.9 Å². The first-order chi connectivity index (χ1) is 38.1. The van der Waals surface area contributed by atoms with E-state index in [1.54, 1.807) is 92.7 Å². The van der Waals surface area contributed by atoms with E-state index >= 15 is 4.79 Å². The van der Waals surface area contributed by atoms with Crippen LogP contribution in [0.1, 0.15) is 132 Å². The number of ketones is 1. The van der Waals surface area contributed by atoms with E-state index in [2.05, 4.69) is 5.32 Å². The Morgan fingerprint density at radius 2 is 1.45 bits per heavy atom. The number of Topliss-reactive ketones (excluding diaryl/α,β-unsaturated/α-hetero) is 1. The Kier molecular flexibility index (Phi) is 21.1. The number of fused-ring (bicyclic) bond motifs is 2. The normalized spacial score (nSPS) is 26.1. The van der Waals surface area contributed by atoms with Crippen molar-refractivity contribution in [1.82, 2.24) is 5.32 Å². The van der Waals surface area contributed by atoms with Gasteiger partial charge in [-0.15, -0.1) is 0 Å². The van der Waals surface area contributed by atoms with Crippen molar-refractivity contribution in [2.45, 2.75) is 153 Å². The first-order valence-electron chi connectivity index (χ1n) is 26.9. The van der Waals surface area contributed by atoms with Crippen LogP contribution in [-0.4, -0.2) is 131 Å². The molecule has 0 radical (unpaired) electrons. The molecular weight excluding hydrogens is 1070 g/mol. The molecule has 2 heterocycles. The van der Waals surface area contributed by atoms with Crippen LogP contribution in [0, 0.1) is 16.7 Å².